The van der Waals surface area contributed by atoms with Crippen LogP contribution < -0.4 is 5.73 Å². The molecule has 1 aromatic carbocycles. The molecule has 114 valence electrons. The number of nitrogens with zero attached hydrogens (tertiary/aromatic N) is 1. The van der Waals surface area contributed by atoms with Crippen LogP contribution in [-0.4, -0.2) is 24.0 Å². The maximum atomic E-state index is 5.97. The monoisotopic (exact) mass is 286 g/mol. The van der Waals surface area contributed by atoms with Crippen LogP contribution in [0.5, 0.6) is 0 Å². The average Bonchev–Trinajstić information content (AvgIpc) is 3.08. The van der Waals surface area contributed by atoms with Crippen LogP contribution in [0.25, 0.3) is 11.0 Å². The third-order valence-corrected chi connectivity index (χ3v) is 5.06. The van der Waals surface area contributed by atoms with Crippen LogP contribution >= 0.6 is 0 Å². The van der Waals surface area contributed by atoms with Crippen molar-refractivity contribution in [3.63, 3.8) is 0 Å². The van der Waals surface area contributed by atoms with Gasteiger partial charge in [-0.3, -0.25) is 4.90 Å². The first kappa shape index (κ1) is 14.6. The summed E-state index contributed by atoms with van der Waals surface area (Å²) in [5, 5.41) is 1.26. The summed E-state index contributed by atoms with van der Waals surface area (Å²) in [6, 6.07) is 8.99. The molecule has 1 fully saturated rings. The minimum atomic E-state index is 0.632. The predicted octanol–water partition coefficient (Wildman–Crippen LogP) is 3.69. The smallest absolute Gasteiger partial charge is 0.134 e. The van der Waals surface area contributed by atoms with Gasteiger partial charge in [-0.15, -0.1) is 0 Å². The van der Waals surface area contributed by atoms with E-state index >= 15 is 0 Å². The molecular formula is C18H26N2O. The molecule has 3 heteroatoms. The molecule has 2 atom stereocenters. The van der Waals surface area contributed by atoms with Crippen LogP contribution in [0.15, 0.2) is 28.7 Å². The van der Waals surface area contributed by atoms with E-state index in [1.807, 2.05) is 6.07 Å². The third kappa shape index (κ3) is 2.72. The summed E-state index contributed by atoms with van der Waals surface area (Å²) >= 11 is 0. The second kappa shape index (κ2) is 6.20. The molecular weight excluding hydrogens is 260 g/mol. The number of fused-ring (bicyclic) bond motifs is 1. The molecule has 1 saturated carbocycles. The molecule has 0 spiro atoms. The largest absolute Gasteiger partial charge is 0.461 e. The molecule has 1 aliphatic carbocycles. The van der Waals surface area contributed by atoms with Crippen LogP contribution in [0.1, 0.15) is 37.5 Å². The van der Waals surface area contributed by atoms with Crippen molar-refractivity contribution < 1.29 is 4.42 Å². The van der Waals surface area contributed by atoms with Crippen molar-refractivity contribution in [2.24, 2.45) is 11.7 Å². The summed E-state index contributed by atoms with van der Waals surface area (Å²) in [7, 11) is 0. The zero-order valence-corrected chi connectivity index (χ0v) is 13.1. The second-order valence-corrected chi connectivity index (χ2v) is 6.19. The lowest BCUT2D eigenvalue weighted by molar-refractivity contribution is 0.162. The lowest BCUT2D eigenvalue weighted by atomic mass is 10.0. The summed E-state index contributed by atoms with van der Waals surface area (Å²) in [6.07, 6.45) is 3.88. The summed E-state index contributed by atoms with van der Waals surface area (Å²) in [6.45, 7) is 7.19. The highest BCUT2D eigenvalue weighted by atomic mass is 16.3. The molecule has 0 bridgehead atoms. The zero-order chi connectivity index (χ0) is 14.8. The molecule has 2 aromatic rings. The Balaban J connectivity index is 1.87. The molecule has 0 aliphatic heterocycles. The minimum absolute atomic E-state index is 0.632. The molecule has 0 amide bonds. The van der Waals surface area contributed by atoms with E-state index in [0.717, 1.165) is 31.0 Å². The van der Waals surface area contributed by atoms with Gasteiger partial charge in [0.25, 0.3) is 0 Å². The molecule has 1 aliphatic rings. The zero-order valence-electron chi connectivity index (χ0n) is 13.1. The van der Waals surface area contributed by atoms with Crippen molar-refractivity contribution >= 4 is 11.0 Å². The van der Waals surface area contributed by atoms with Crippen LogP contribution in [0.3, 0.4) is 0 Å². The van der Waals surface area contributed by atoms with Gasteiger partial charge in [0.15, 0.2) is 0 Å². The van der Waals surface area contributed by atoms with E-state index in [2.05, 4.69) is 36.9 Å². The van der Waals surface area contributed by atoms with Crippen molar-refractivity contribution in [3.8, 4) is 0 Å². The Morgan fingerprint density at radius 3 is 2.86 bits per heavy atom. The number of nitrogens with two attached hydrogens (primary N) is 1. The molecule has 3 rings (SSSR count). The van der Waals surface area contributed by atoms with Gasteiger partial charge in [0, 0.05) is 23.5 Å². The Morgan fingerprint density at radius 2 is 2.10 bits per heavy atom. The van der Waals surface area contributed by atoms with E-state index in [-0.39, 0.29) is 0 Å². The predicted molar refractivity (Wildman–Crippen MR) is 87.2 cm³/mol. The first-order valence-corrected chi connectivity index (χ1v) is 8.15. The maximum Gasteiger partial charge on any atom is 0.134 e. The SMILES string of the molecule is CCN(Cc1c(C)oc2ccccc12)C1CCCC1CN. The number of benzene rings is 1. The molecule has 0 radical (unpaired) electrons. The van der Waals surface area contributed by atoms with Crippen molar-refractivity contribution in [2.45, 2.75) is 45.7 Å². The lowest BCUT2D eigenvalue weighted by Crippen LogP contribution is -2.39. The fourth-order valence-electron chi connectivity index (χ4n) is 3.86. The maximum absolute atomic E-state index is 5.97. The Hall–Kier alpha value is -1.32. The highest BCUT2D eigenvalue weighted by Crippen LogP contribution is 2.32. The standard InChI is InChI=1S/C18H26N2O/c1-3-20(17-9-6-7-14(17)11-19)12-16-13(2)21-18-10-5-4-8-15(16)18/h4-5,8,10,14,17H,3,6-7,9,11-12,19H2,1-2H3. The number of hydrogen-bond donors (Lipinski definition) is 1. The third-order valence-electron chi connectivity index (χ3n) is 5.06. The van der Waals surface area contributed by atoms with E-state index in [0.29, 0.717) is 12.0 Å². The van der Waals surface area contributed by atoms with Crippen LogP contribution in [0.2, 0.25) is 0 Å². The number of aryl methyl sites for hydroxylation is 1. The number of hydrogen-bond acceptors (Lipinski definition) is 3. The van der Waals surface area contributed by atoms with Crippen LogP contribution in [0.4, 0.5) is 0 Å². The quantitative estimate of drug-likeness (QED) is 0.911. The molecule has 21 heavy (non-hydrogen) atoms. The summed E-state index contributed by atoms with van der Waals surface area (Å²) in [5.74, 6) is 1.71. The topological polar surface area (TPSA) is 42.4 Å². The molecule has 0 saturated heterocycles. The van der Waals surface area contributed by atoms with E-state index in [4.69, 9.17) is 10.2 Å². The fraction of sp³-hybridized carbons (Fsp3) is 0.556. The Kier molecular flexibility index (Phi) is 4.32. The molecule has 2 N–H and O–H groups in total. The Bertz CT molecular complexity index is 604. The van der Waals surface area contributed by atoms with E-state index < -0.39 is 0 Å². The second-order valence-electron chi connectivity index (χ2n) is 6.19. The van der Waals surface area contributed by atoms with Crippen molar-refractivity contribution in [1.82, 2.24) is 4.90 Å². The lowest BCUT2D eigenvalue weighted by Gasteiger charge is -2.31. The van der Waals surface area contributed by atoms with E-state index in [1.54, 1.807) is 0 Å². The number of para-hydroxylation sites is 1. The highest BCUT2D eigenvalue weighted by Gasteiger charge is 2.31. The molecule has 3 nitrogen and oxygen atoms in total. The highest BCUT2D eigenvalue weighted by molar-refractivity contribution is 5.82. The normalized spacial score (nSPS) is 22.5. The molecule has 2 unspecified atom stereocenters. The van der Waals surface area contributed by atoms with Gasteiger partial charge in [-0.1, -0.05) is 31.5 Å². The van der Waals surface area contributed by atoms with Crippen molar-refractivity contribution in [3.05, 3.63) is 35.6 Å². The summed E-state index contributed by atoms with van der Waals surface area (Å²) < 4.78 is 5.91. The first-order chi connectivity index (χ1) is 10.2. The Morgan fingerprint density at radius 1 is 1.29 bits per heavy atom. The van der Waals surface area contributed by atoms with Gasteiger partial charge in [-0.05, 0) is 44.8 Å². The van der Waals surface area contributed by atoms with Gasteiger partial charge in [-0.2, -0.15) is 0 Å². The first-order valence-electron chi connectivity index (χ1n) is 8.15. The van der Waals surface area contributed by atoms with Gasteiger partial charge in [0.1, 0.15) is 11.3 Å². The van der Waals surface area contributed by atoms with Crippen molar-refractivity contribution in [2.75, 3.05) is 13.1 Å². The van der Waals surface area contributed by atoms with Gasteiger partial charge in [0.05, 0.1) is 0 Å². The Labute approximate surface area is 127 Å². The number of furan rings is 1. The van der Waals surface area contributed by atoms with E-state index in [1.165, 1.54) is 30.2 Å². The fourth-order valence-corrected chi connectivity index (χ4v) is 3.86. The average molecular weight is 286 g/mol. The summed E-state index contributed by atoms with van der Waals surface area (Å²) in [4.78, 5) is 2.59. The summed E-state index contributed by atoms with van der Waals surface area (Å²) in [5.41, 5.74) is 8.31. The molecule has 1 heterocycles. The number of rotatable bonds is 5. The van der Waals surface area contributed by atoms with E-state index in [9.17, 15) is 0 Å². The van der Waals surface area contributed by atoms with Gasteiger partial charge in [0.2, 0.25) is 0 Å². The minimum Gasteiger partial charge on any atom is -0.461 e. The van der Waals surface area contributed by atoms with Crippen LogP contribution in [-0.2, 0) is 6.54 Å². The van der Waals surface area contributed by atoms with Crippen LogP contribution in [0, 0.1) is 12.8 Å². The van der Waals surface area contributed by atoms with Gasteiger partial charge >= 0.3 is 0 Å². The molecule has 1 aromatic heterocycles. The van der Waals surface area contributed by atoms with Gasteiger partial charge in [-0.25, -0.2) is 0 Å². The van der Waals surface area contributed by atoms with Gasteiger partial charge < -0.3 is 10.2 Å². The van der Waals surface area contributed by atoms with Crippen molar-refractivity contribution in [1.29, 1.82) is 0 Å².